The summed E-state index contributed by atoms with van der Waals surface area (Å²) in [6.45, 7) is 0. The summed E-state index contributed by atoms with van der Waals surface area (Å²) in [5, 5.41) is 10.7. The molecule has 0 aromatic heterocycles. The lowest BCUT2D eigenvalue weighted by molar-refractivity contribution is -0.255. The molecule has 5 heteroatoms. The number of alkyl halides is 3. The maximum atomic E-state index is 12.4. The van der Waals surface area contributed by atoms with Crippen LogP contribution in [0.1, 0.15) is 15.9 Å². The van der Waals surface area contributed by atoms with Crippen LogP contribution in [0.4, 0.5) is 13.2 Å². The lowest BCUT2D eigenvalue weighted by atomic mass is 10.0. The minimum atomic E-state index is -4.38. The molecule has 0 N–H and O–H groups in total. The first-order chi connectivity index (χ1) is 8.88. The first kappa shape index (κ1) is 13.1. The summed E-state index contributed by atoms with van der Waals surface area (Å²) in [6.07, 6.45) is -4.38. The van der Waals surface area contributed by atoms with E-state index in [4.69, 9.17) is 0 Å². The zero-order chi connectivity index (χ0) is 14.0. The Bertz CT molecular complexity index is 601. The number of benzene rings is 2. The van der Waals surface area contributed by atoms with E-state index in [9.17, 15) is 23.1 Å². The largest absolute Gasteiger partial charge is 0.545 e. The second-order valence-electron chi connectivity index (χ2n) is 3.94. The van der Waals surface area contributed by atoms with Crippen molar-refractivity contribution >= 4 is 5.97 Å². The average Bonchev–Trinajstić information content (AvgIpc) is 2.38. The fraction of sp³-hybridized carbons (Fsp3) is 0.0714. The van der Waals surface area contributed by atoms with Crippen molar-refractivity contribution in [2.24, 2.45) is 0 Å². The molecule has 0 aliphatic heterocycles. The first-order valence-electron chi connectivity index (χ1n) is 5.37. The molecular formula is C14H8F3O2-. The highest BCUT2D eigenvalue weighted by Crippen LogP contribution is 2.31. The Morgan fingerprint density at radius 1 is 0.947 bits per heavy atom. The van der Waals surface area contributed by atoms with E-state index >= 15 is 0 Å². The van der Waals surface area contributed by atoms with Crippen molar-refractivity contribution in [3.05, 3.63) is 59.7 Å². The van der Waals surface area contributed by atoms with Crippen LogP contribution in [0.5, 0.6) is 0 Å². The Morgan fingerprint density at radius 2 is 1.58 bits per heavy atom. The molecule has 2 aromatic carbocycles. The Morgan fingerprint density at radius 3 is 2.11 bits per heavy atom. The monoisotopic (exact) mass is 265 g/mol. The van der Waals surface area contributed by atoms with E-state index in [1.165, 1.54) is 30.3 Å². The number of carboxylic acids is 1. The van der Waals surface area contributed by atoms with Crippen molar-refractivity contribution in [2.75, 3.05) is 0 Å². The van der Waals surface area contributed by atoms with Gasteiger partial charge in [0.2, 0.25) is 0 Å². The predicted molar refractivity (Wildman–Crippen MR) is 61.2 cm³/mol. The second-order valence-corrected chi connectivity index (χ2v) is 3.94. The van der Waals surface area contributed by atoms with Crippen molar-refractivity contribution in [2.45, 2.75) is 6.18 Å². The van der Waals surface area contributed by atoms with Gasteiger partial charge >= 0.3 is 6.18 Å². The molecule has 2 aromatic rings. The van der Waals surface area contributed by atoms with Gasteiger partial charge < -0.3 is 9.90 Å². The number of hydrogen-bond acceptors (Lipinski definition) is 2. The average molecular weight is 265 g/mol. The van der Waals surface area contributed by atoms with E-state index in [-0.39, 0.29) is 5.56 Å². The zero-order valence-electron chi connectivity index (χ0n) is 9.57. The lowest BCUT2D eigenvalue weighted by Crippen LogP contribution is -2.22. The highest BCUT2D eigenvalue weighted by atomic mass is 19.4. The molecule has 0 aliphatic carbocycles. The summed E-state index contributed by atoms with van der Waals surface area (Å²) in [4.78, 5) is 10.7. The Kier molecular flexibility index (Phi) is 3.29. The molecule has 0 bridgehead atoms. The molecule has 0 amide bonds. The topological polar surface area (TPSA) is 40.1 Å². The van der Waals surface area contributed by atoms with Crippen LogP contribution in [0, 0.1) is 0 Å². The van der Waals surface area contributed by atoms with Crippen LogP contribution in [-0.4, -0.2) is 5.97 Å². The van der Waals surface area contributed by atoms with E-state index < -0.39 is 17.7 Å². The molecule has 0 saturated heterocycles. The number of carbonyl (C=O) groups excluding carboxylic acids is 1. The molecule has 98 valence electrons. The van der Waals surface area contributed by atoms with Crippen LogP contribution >= 0.6 is 0 Å². The van der Waals surface area contributed by atoms with Gasteiger partial charge in [0.05, 0.1) is 11.5 Å². The van der Waals surface area contributed by atoms with Gasteiger partial charge in [0.15, 0.2) is 0 Å². The minimum Gasteiger partial charge on any atom is -0.545 e. The third kappa shape index (κ3) is 2.93. The van der Waals surface area contributed by atoms with Crippen molar-refractivity contribution in [1.29, 1.82) is 0 Å². The molecule has 0 radical (unpaired) electrons. The summed E-state index contributed by atoms with van der Waals surface area (Å²) < 4.78 is 37.2. The van der Waals surface area contributed by atoms with Gasteiger partial charge in [-0.3, -0.25) is 0 Å². The lowest BCUT2D eigenvalue weighted by Gasteiger charge is -2.09. The molecule has 2 rings (SSSR count). The molecule has 0 saturated carbocycles. The molecular weight excluding hydrogens is 257 g/mol. The molecule has 2 nitrogen and oxygen atoms in total. The van der Waals surface area contributed by atoms with Crippen molar-refractivity contribution in [3.8, 4) is 11.1 Å². The van der Waals surface area contributed by atoms with Gasteiger partial charge in [0.1, 0.15) is 0 Å². The van der Waals surface area contributed by atoms with Crippen LogP contribution in [0.3, 0.4) is 0 Å². The van der Waals surface area contributed by atoms with E-state index in [0.29, 0.717) is 11.1 Å². The minimum absolute atomic E-state index is 0.0163. The van der Waals surface area contributed by atoms with Crippen LogP contribution in [-0.2, 0) is 6.18 Å². The summed E-state index contributed by atoms with van der Waals surface area (Å²) in [5.74, 6) is -1.33. The molecule has 0 aliphatic rings. The predicted octanol–water partition coefficient (Wildman–Crippen LogP) is 2.74. The van der Waals surface area contributed by atoms with Crippen LogP contribution in [0.15, 0.2) is 48.5 Å². The van der Waals surface area contributed by atoms with Crippen molar-refractivity contribution < 1.29 is 23.1 Å². The fourth-order valence-corrected chi connectivity index (χ4v) is 1.68. The number of aromatic carboxylic acids is 1. The number of hydrogen-bond donors (Lipinski definition) is 0. The van der Waals surface area contributed by atoms with Crippen LogP contribution in [0.2, 0.25) is 0 Å². The van der Waals surface area contributed by atoms with Gasteiger partial charge in [-0.25, -0.2) is 0 Å². The van der Waals surface area contributed by atoms with E-state index in [0.717, 1.165) is 12.1 Å². The van der Waals surface area contributed by atoms with Gasteiger partial charge in [-0.05, 0) is 34.9 Å². The van der Waals surface area contributed by atoms with Gasteiger partial charge in [-0.2, -0.15) is 13.2 Å². The Hall–Kier alpha value is -2.30. The third-order valence-electron chi connectivity index (χ3n) is 2.64. The molecule has 19 heavy (non-hydrogen) atoms. The van der Waals surface area contributed by atoms with Crippen molar-refractivity contribution in [3.63, 3.8) is 0 Å². The Labute approximate surface area is 107 Å². The first-order valence-corrected chi connectivity index (χ1v) is 5.37. The Balaban J connectivity index is 2.37. The summed E-state index contributed by atoms with van der Waals surface area (Å²) in [5.41, 5.74) is 0.274. The van der Waals surface area contributed by atoms with Gasteiger partial charge in [-0.1, -0.05) is 30.3 Å². The molecule has 0 spiro atoms. The highest BCUT2D eigenvalue weighted by molar-refractivity contribution is 5.87. The SMILES string of the molecule is O=C([O-])c1cccc(-c2ccc(C(F)(F)F)cc2)c1. The smallest absolute Gasteiger partial charge is 0.416 e. The maximum absolute atomic E-state index is 12.4. The highest BCUT2D eigenvalue weighted by Gasteiger charge is 2.29. The van der Waals surface area contributed by atoms with Crippen LogP contribution in [0.25, 0.3) is 11.1 Å². The van der Waals surface area contributed by atoms with E-state index in [2.05, 4.69) is 0 Å². The number of halogens is 3. The molecule has 0 fully saturated rings. The quantitative estimate of drug-likeness (QED) is 0.837. The number of carboxylic acid groups (broad SMARTS) is 1. The number of rotatable bonds is 2. The zero-order valence-corrected chi connectivity index (χ0v) is 9.57. The normalized spacial score (nSPS) is 11.3. The maximum Gasteiger partial charge on any atom is 0.416 e. The van der Waals surface area contributed by atoms with E-state index in [1.807, 2.05) is 0 Å². The molecule has 0 unspecified atom stereocenters. The van der Waals surface area contributed by atoms with Crippen molar-refractivity contribution in [1.82, 2.24) is 0 Å². The molecule has 0 atom stereocenters. The van der Waals surface area contributed by atoms with Crippen LogP contribution < -0.4 is 5.11 Å². The summed E-state index contributed by atoms with van der Waals surface area (Å²) in [7, 11) is 0. The van der Waals surface area contributed by atoms with Gasteiger partial charge in [-0.15, -0.1) is 0 Å². The molecule has 0 heterocycles. The third-order valence-corrected chi connectivity index (χ3v) is 2.64. The van der Waals surface area contributed by atoms with E-state index in [1.54, 1.807) is 6.07 Å². The van der Waals surface area contributed by atoms with Gasteiger partial charge in [0, 0.05) is 0 Å². The summed E-state index contributed by atoms with van der Waals surface area (Å²) >= 11 is 0. The second kappa shape index (κ2) is 4.76. The standard InChI is InChI=1S/C14H9F3O2/c15-14(16,17)12-6-4-9(5-7-12)10-2-1-3-11(8-10)13(18)19/h1-8H,(H,18,19)/p-1. The summed E-state index contributed by atoms with van der Waals surface area (Å²) in [6, 6.07) is 10.4. The van der Waals surface area contributed by atoms with Gasteiger partial charge in [0.25, 0.3) is 0 Å². The fourth-order valence-electron chi connectivity index (χ4n) is 1.68. The number of carbonyl (C=O) groups is 1.